The second kappa shape index (κ2) is 7.74. The third kappa shape index (κ3) is 3.85. The Balaban J connectivity index is 1.69. The van der Waals surface area contributed by atoms with E-state index < -0.39 is 0 Å². The number of carbonyl (C=O) groups excluding carboxylic acids is 1. The molecule has 134 valence electrons. The van der Waals surface area contributed by atoms with Gasteiger partial charge in [-0.15, -0.1) is 0 Å². The van der Waals surface area contributed by atoms with E-state index in [2.05, 4.69) is 9.97 Å². The van der Waals surface area contributed by atoms with E-state index in [1.807, 2.05) is 36.4 Å². The van der Waals surface area contributed by atoms with Crippen molar-refractivity contribution in [3.63, 3.8) is 0 Å². The number of nitrogens with zero attached hydrogens (tertiary/aromatic N) is 2. The highest BCUT2D eigenvalue weighted by Crippen LogP contribution is 2.25. The summed E-state index contributed by atoms with van der Waals surface area (Å²) in [6.07, 6.45) is 3.25. The van der Waals surface area contributed by atoms with Gasteiger partial charge in [0, 0.05) is 24.8 Å². The zero-order valence-electron chi connectivity index (χ0n) is 15.0. The van der Waals surface area contributed by atoms with Gasteiger partial charge in [0.25, 0.3) is 0 Å². The van der Waals surface area contributed by atoms with Gasteiger partial charge in [0.05, 0.1) is 31.8 Å². The lowest BCUT2D eigenvalue weighted by molar-refractivity contribution is -0.125. The Kier molecular flexibility index (Phi) is 5.22. The van der Waals surface area contributed by atoms with Crippen molar-refractivity contribution < 1.29 is 14.3 Å². The van der Waals surface area contributed by atoms with Gasteiger partial charge in [0.1, 0.15) is 17.3 Å². The maximum absolute atomic E-state index is 12.4. The predicted molar refractivity (Wildman–Crippen MR) is 101 cm³/mol. The summed E-state index contributed by atoms with van der Waals surface area (Å²) >= 11 is 0. The monoisotopic (exact) mass is 351 g/mol. The molecule has 0 atom stereocenters. The lowest BCUT2D eigenvalue weighted by Gasteiger charge is -2.13. The molecule has 0 saturated carbocycles. The van der Waals surface area contributed by atoms with Crippen LogP contribution in [0.15, 0.2) is 48.5 Å². The van der Waals surface area contributed by atoms with E-state index in [-0.39, 0.29) is 5.91 Å². The molecule has 0 fully saturated rings. The number of methoxy groups -OCH3 is 2. The van der Waals surface area contributed by atoms with Crippen LogP contribution in [0.4, 0.5) is 0 Å². The van der Waals surface area contributed by atoms with Crippen LogP contribution in [0.2, 0.25) is 0 Å². The van der Waals surface area contributed by atoms with Gasteiger partial charge in [-0.1, -0.05) is 12.1 Å². The average molecular weight is 351 g/mol. The van der Waals surface area contributed by atoms with Crippen LogP contribution in [-0.4, -0.2) is 42.0 Å². The molecule has 0 aliphatic heterocycles. The Morgan fingerprint density at radius 3 is 2.73 bits per heavy atom. The number of hydrogen-bond donors (Lipinski definition) is 1. The van der Waals surface area contributed by atoms with Gasteiger partial charge in [-0.2, -0.15) is 0 Å². The largest absolute Gasteiger partial charge is 0.497 e. The number of carbonyl (C=O) groups is 1. The minimum Gasteiger partial charge on any atom is -0.497 e. The van der Waals surface area contributed by atoms with Crippen molar-refractivity contribution in [2.45, 2.75) is 6.54 Å². The van der Waals surface area contributed by atoms with Crippen LogP contribution < -0.4 is 9.47 Å². The van der Waals surface area contributed by atoms with Crippen LogP contribution >= 0.6 is 0 Å². The van der Waals surface area contributed by atoms with E-state index in [9.17, 15) is 4.79 Å². The first-order valence-electron chi connectivity index (χ1n) is 8.19. The van der Waals surface area contributed by atoms with E-state index in [1.165, 1.54) is 6.08 Å². The van der Waals surface area contributed by atoms with E-state index in [1.54, 1.807) is 38.3 Å². The first-order chi connectivity index (χ1) is 12.6. The maximum atomic E-state index is 12.4. The molecule has 0 spiro atoms. The number of rotatable bonds is 6. The zero-order chi connectivity index (χ0) is 18.5. The Morgan fingerprint density at radius 2 is 2.00 bits per heavy atom. The molecule has 2 aromatic carbocycles. The summed E-state index contributed by atoms with van der Waals surface area (Å²) in [6.45, 7) is 0.400. The molecule has 1 N–H and O–H groups in total. The molecule has 1 aromatic heterocycles. The molecule has 0 radical (unpaired) electrons. The number of benzene rings is 2. The third-order valence-electron chi connectivity index (χ3n) is 4.05. The van der Waals surface area contributed by atoms with Crippen molar-refractivity contribution in [2.75, 3.05) is 21.3 Å². The van der Waals surface area contributed by atoms with Crippen molar-refractivity contribution in [1.29, 1.82) is 0 Å². The number of fused-ring (bicyclic) bond motifs is 1. The first-order valence-corrected chi connectivity index (χ1v) is 8.19. The molecule has 3 aromatic rings. The SMILES string of the molecule is COc1ccc(/C=C/C(=O)N(C)Cc2nc3ccccc3[nH]2)c(OC)c1. The highest BCUT2D eigenvalue weighted by atomic mass is 16.5. The Bertz CT molecular complexity index is 913. The summed E-state index contributed by atoms with van der Waals surface area (Å²) in [4.78, 5) is 21.7. The number of hydrogen-bond acceptors (Lipinski definition) is 4. The number of para-hydroxylation sites is 2. The van der Waals surface area contributed by atoms with Crippen molar-refractivity contribution in [3.05, 3.63) is 59.9 Å². The quantitative estimate of drug-likeness (QED) is 0.692. The predicted octanol–water partition coefficient (Wildman–Crippen LogP) is 3.25. The van der Waals surface area contributed by atoms with Crippen molar-refractivity contribution in [1.82, 2.24) is 14.9 Å². The lowest BCUT2D eigenvalue weighted by atomic mass is 10.1. The number of nitrogens with one attached hydrogen (secondary N) is 1. The summed E-state index contributed by atoms with van der Waals surface area (Å²) in [5.74, 6) is 1.97. The summed E-state index contributed by atoms with van der Waals surface area (Å²) < 4.78 is 10.5. The Morgan fingerprint density at radius 1 is 1.19 bits per heavy atom. The minimum atomic E-state index is -0.122. The van der Waals surface area contributed by atoms with Crippen LogP contribution in [0.1, 0.15) is 11.4 Å². The van der Waals surface area contributed by atoms with Crippen molar-refractivity contribution >= 4 is 23.0 Å². The van der Waals surface area contributed by atoms with Gasteiger partial charge in [-0.3, -0.25) is 4.79 Å². The van der Waals surface area contributed by atoms with Crippen molar-refractivity contribution in [3.8, 4) is 11.5 Å². The summed E-state index contributed by atoms with van der Waals surface area (Å²) in [5.41, 5.74) is 2.66. The lowest BCUT2D eigenvalue weighted by Crippen LogP contribution is -2.24. The van der Waals surface area contributed by atoms with Gasteiger partial charge in [0.15, 0.2) is 0 Å². The second-order valence-corrected chi connectivity index (χ2v) is 5.84. The normalized spacial score (nSPS) is 11.0. The average Bonchev–Trinajstić information content (AvgIpc) is 3.08. The van der Waals surface area contributed by atoms with Gasteiger partial charge >= 0.3 is 0 Å². The van der Waals surface area contributed by atoms with E-state index in [0.717, 1.165) is 22.4 Å². The highest BCUT2D eigenvalue weighted by molar-refractivity contribution is 5.92. The molecular weight excluding hydrogens is 330 g/mol. The van der Waals surface area contributed by atoms with Gasteiger partial charge < -0.3 is 19.4 Å². The number of ether oxygens (including phenoxy) is 2. The number of likely N-dealkylation sites (N-methyl/N-ethyl adjacent to an activating group) is 1. The van der Waals surface area contributed by atoms with Crippen LogP contribution in [0, 0.1) is 0 Å². The molecule has 6 heteroatoms. The fourth-order valence-corrected chi connectivity index (χ4v) is 2.63. The summed E-state index contributed by atoms with van der Waals surface area (Å²) in [5, 5.41) is 0. The number of imidazole rings is 1. The smallest absolute Gasteiger partial charge is 0.246 e. The maximum Gasteiger partial charge on any atom is 0.246 e. The standard InChI is InChI=1S/C20H21N3O3/c1-23(13-19-21-16-6-4-5-7-17(16)22-19)20(24)11-9-14-8-10-15(25-2)12-18(14)26-3/h4-12H,13H2,1-3H3,(H,21,22)/b11-9+. The molecule has 3 rings (SSSR count). The molecule has 1 amide bonds. The summed E-state index contributed by atoms with van der Waals surface area (Å²) in [7, 11) is 4.92. The number of aromatic amines is 1. The van der Waals surface area contributed by atoms with Crippen LogP contribution in [0.5, 0.6) is 11.5 Å². The van der Waals surface area contributed by atoms with E-state index in [0.29, 0.717) is 18.0 Å². The highest BCUT2D eigenvalue weighted by Gasteiger charge is 2.10. The van der Waals surface area contributed by atoms with Crippen LogP contribution in [0.25, 0.3) is 17.1 Å². The molecule has 0 unspecified atom stereocenters. The second-order valence-electron chi connectivity index (χ2n) is 5.84. The van der Waals surface area contributed by atoms with Gasteiger partial charge in [-0.25, -0.2) is 4.98 Å². The molecule has 0 saturated heterocycles. The minimum absolute atomic E-state index is 0.122. The number of amides is 1. The fraction of sp³-hybridized carbons (Fsp3) is 0.200. The van der Waals surface area contributed by atoms with Crippen LogP contribution in [-0.2, 0) is 11.3 Å². The number of aromatic nitrogens is 2. The molecule has 0 bridgehead atoms. The number of H-pyrrole nitrogens is 1. The molecule has 26 heavy (non-hydrogen) atoms. The molecule has 0 aliphatic carbocycles. The Labute approximate surface area is 152 Å². The topological polar surface area (TPSA) is 67.5 Å². The fourth-order valence-electron chi connectivity index (χ4n) is 2.63. The summed E-state index contributed by atoms with van der Waals surface area (Å²) in [6, 6.07) is 13.2. The van der Waals surface area contributed by atoms with E-state index in [4.69, 9.17) is 9.47 Å². The Hall–Kier alpha value is -3.28. The van der Waals surface area contributed by atoms with Gasteiger partial charge in [0.2, 0.25) is 5.91 Å². The van der Waals surface area contributed by atoms with Crippen molar-refractivity contribution in [2.24, 2.45) is 0 Å². The molecule has 0 aliphatic rings. The molecular formula is C20H21N3O3. The van der Waals surface area contributed by atoms with Gasteiger partial charge in [-0.05, 0) is 30.3 Å². The van der Waals surface area contributed by atoms with Crippen LogP contribution in [0.3, 0.4) is 0 Å². The molecule has 6 nitrogen and oxygen atoms in total. The van der Waals surface area contributed by atoms with E-state index >= 15 is 0 Å². The molecule has 1 heterocycles. The first kappa shape index (κ1) is 17.5. The zero-order valence-corrected chi connectivity index (χ0v) is 15.0. The third-order valence-corrected chi connectivity index (χ3v) is 4.05.